The Labute approximate surface area is 718 Å². The largest absolute Gasteiger partial charge is 0.479 e. The molecule has 12 aliphatic heterocycles. The van der Waals surface area contributed by atoms with Gasteiger partial charge in [-0.1, -0.05) is 78.4 Å². The summed E-state index contributed by atoms with van der Waals surface area (Å²) >= 11 is 0. The lowest BCUT2D eigenvalue weighted by Gasteiger charge is -2.39. The highest BCUT2D eigenvalue weighted by Crippen LogP contribution is 2.44. The molecule has 668 valence electrons. The second-order valence-corrected chi connectivity index (χ2v) is 34.0. The summed E-state index contributed by atoms with van der Waals surface area (Å²) in [5, 5.41) is 161. The van der Waals surface area contributed by atoms with Crippen molar-refractivity contribution in [1.29, 1.82) is 0 Å². The molecule has 4 saturated heterocycles. The zero-order valence-corrected chi connectivity index (χ0v) is 67.8. The quantitative estimate of drug-likeness (QED) is 0.0400. The number of aryl methyl sites for hydroxylation is 3. The number of aliphatic hydroxyl groups is 8. The Morgan fingerprint density at radius 1 is 0.362 bits per heavy atom. The molecular formula is C79H100N28O20+8. The molecule has 5 aromatic rings. The van der Waals surface area contributed by atoms with Gasteiger partial charge in [-0.15, -0.1) is 0 Å². The average molecular weight is 1760 g/mol. The number of amides is 4. The number of carbonyl (C=O) groups excluding carboxylic acids is 4. The van der Waals surface area contributed by atoms with Crippen molar-refractivity contribution in [1.82, 2.24) is 63.8 Å². The fraction of sp³-hybridized carbons (Fsp3) is 0.418. The fourth-order valence-corrected chi connectivity index (χ4v) is 21.3. The molecule has 48 heteroatoms. The third kappa shape index (κ3) is 12.7. The van der Waals surface area contributed by atoms with Gasteiger partial charge in [-0.3, -0.25) is 106 Å². The van der Waals surface area contributed by atoms with Crippen molar-refractivity contribution >= 4 is 95.2 Å². The van der Waals surface area contributed by atoms with E-state index in [2.05, 4.69) is 83.8 Å². The summed E-state index contributed by atoms with van der Waals surface area (Å²) in [6.45, 7) is 1.44. The highest BCUT2D eigenvalue weighted by atomic mass is 16.5. The molecule has 4 amide bonds. The predicted molar refractivity (Wildman–Crippen MR) is 436 cm³/mol. The molecule has 15 aliphatic rings. The lowest BCUT2D eigenvalue weighted by Crippen LogP contribution is -2.92. The minimum absolute atomic E-state index is 0.0284. The number of guanidine groups is 8. The second kappa shape index (κ2) is 30.0. The number of nitrogens with one attached hydrogen (secondary N) is 16. The van der Waals surface area contributed by atoms with Gasteiger partial charge in [0.05, 0.1) is 26.2 Å². The van der Waals surface area contributed by atoms with E-state index in [1.807, 2.05) is 67.6 Å². The van der Waals surface area contributed by atoms with Crippen LogP contribution in [0.5, 0.6) is 0 Å². The number of rotatable bonds is 12. The molecule has 127 heavy (non-hydrogen) atoms. The number of carboxylic acid groups (broad SMARTS) is 4. The number of hydrogen-bond acceptors (Lipinski definition) is 32. The summed E-state index contributed by atoms with van der Waals surface area (Å²) in [7, 11) is 0. The number of benzene rings is 5. The summed E-state index contributed by atoms with van der Waals surface area (Å²) in [6.07, 6.45) is 6.98. The van der Waals surface area contributed by atoms with Crippen molar-refractivity contribution in [3.05, 3.63) is 164 Å². The third-order valence-corrected chi connectivity index (χ3v) is 27.1. The first-order chi connectivity index (χ1) is 60.0. The van der Waals surface area contributed by atoms with Gasteiger partial charge in [0.1, 0.15) is 24.2 Å². The minimum Gasteiger partial charge on any atom is -0.479 e. The van der Waals surface area contributed by atoms with Crippen LogP contribution in [0, 0.1) is 6.92 Å². The summed E-state index contributed by atoms with van der Waals surface area (Å²) in [5.74, 6) is -17.8. The molecule has 0 bridgehead atoms. The maximum absolute atomic E-state index is 13.4. The van der Waals surface area contributed by atoms with E-state index >= 15 is 0 Å². The predicted octanol–water partition coefficient (Wildman–Crippen LogP) is -21.0. The van der Waals surface area contributed by atoms with Crippen LogP contribution in [0.3, 0.4) is 0 Å². The molecule has 4 spiro atoms. The summed E-state index contributed by atoms with van der Waals surface area (Å²) < 4.78 is 5.55. The lowest BCUT2D eigenvalue weighted by atomic mass is 9.85. The molecule has 0 radical (unpaired) electrons. The molecule has 3 aliphatic carbocycles. The van der Waals surface area contributed by atoms with Gasteiger partial charge in [0.15, 0.2) is 24.2 Å². The van der Waals surface area contributed by atoms with Crippen molar-refractivity contribution in [2.45, 2.75) is 177 Å². The van der Waals surface area contributed by atoms with Crippen LogP contribution in [0.15, 0.2) is 103 Å². The normalized spacial score (nSPS) is 31.3. The van der Waals surface area contributed by atoms with Gasteiger partial charge < -0.3 is 82.5 Å². The van der Waals surface area contributed by atoms with E-state index < -0.39 is 166 Å². The first kappa shape index (κ1) is 84.9. The molecule has 4 unspecified atom stereocenters. The summed E-state index contributed by atoms with van der Waals surface area (Å²) in [6, 6.07) is 16.8. The van der Waals surface area contributed by atoms with Gasteiger partial charge >= 0.3 is 71.6 Å². The van der Waals surface area contributed by atoms with E-state index in [0.717, 1.165) is 95.0 Å². The molecular weight excluding hydrogens is 1660 g/mol. The van der Waals surface area contributed by atoms with Crippen LogP contribution in [0.1, 0.15) is 99.6 Å². The SMILES string of the molecule is Cc1cccc(C(=O)N[C@H]2C[N+]3=C(N)NC(C(=O)O)[C@@H]4[NH+]=C(N)N[C@@]43C2(O)O)c1.NC1=[NH+][C@H]2C(C(=O)O)NC(N)=[N+]3C[C@H](NC(=O)c4cccc5c4CCC5)C(O)(O)[C@]23N1.NC1=[NH+][C@H]2C(C(=O)O)NC(N)=[N+]3C[C@H](NC(=O)c4cccc5c4CCCC5)C(O)(O)[C@]23N1.NC1=[NH+][C@H]2C(C(=O)O)NC(N)=[N+]3C[C@H](NC(=O)c4cccc5c4Cc4ccccc4-5)C(O)(O)[C@]23N1. The van der Waals surface area contributed by atoms with Crippen LogP contribution in [0.25, 0.3) is 11.1 Å². The molecule has 16 atom stereocenters. The van der Waals surface area contributed by atoms with Crippen LogP contribution in [0.2, 0.25) is 0 Å². The number of nitrogens with two attached hydrogens (primary N) is 8. The zero-order valence-electron chi connectivity index (χ0n) is 67.8. The van der Waals surface area contributed by atoms with Gasteiger partial charge in [0.2, 0.25) is 24.2 Å². The number of hydrogen-bond donors (Lipinski definition) is 36. The number of nitrogens with zero attached hydrogens (tertiary/aromatic N) is 4. The first-order valence-corrected chi connectivity index (χ1v) is 40.8. The summed E-state index contributed by atoms with van der Waals surface area (Å²) in [4.78, 5) is 111. The minimum atomic E-state index is -2.65. The van der Waals surface area contributed by atoms with Crippen molar-refractivity contribution in [3.63, 3.8) is 0 Å². The van der Waals surface area contributed by atoms with Crippen LogP contribution in [-0.4, -0.2) is 319 Å². The average Bonchev–Trinajstić information content (AvgIpc) is 1.54. The standard InChI is InChI=1S/C23H23N7O5.C20H25N7O5.C19H23N7O5.C17H21N7O5/c24-20-28-17-16(19(32)33)27-21(25)30-9-15(23(34,35)22(17,30)29-20)26-18(31)13-7-3-6-12-11-5-2-1-4-10(11)8-14(12)13;21-17-25-14-13(16(29)30)24-18(22)27-8-12(20(31,32)19(14,27)26-17)23-15(28)11-7-3-5-9-4-1-2-6-10(9)11;20-16-24-13-12(15(28)29)23-17(21)26-7-11(19(30,31)18(13,26)25-16)22-14(27)10-6-2-4-8-3-1-5-9(8)10;1-7-3-2-4-8(5-7)12(25)20-9-6-24-15(19)21-10(13(26)27)11-16(24,17(9,28)29)23-14(18)22-11/h1-7,15-17,34-35H,8-9H2,(H7,24,25,26,27,28,29,31,32,33);3,5,7,12-14,31-32H,1-2,4,6,8H2,(H7,21,22,23,24,25,26,28,29,30);2,4,6,11-13,30-31H,1,3,5,7H2,(H7,20,21,22,23,24,25,27,28,29);2-5,9-11,28-29H,6H2,1H3,(H7,18,19,20,21,22,23,25,26,27)/p+8/t15-,16?,17-,22-;12-,13?,14-,19-;11-,12?,13-,18-;9-,10?,11-,16-/m0000/s1. The van der Waals surface area contributed by atoms with Gasteiger partial charge in [-0.05, 0) is 133 Å². The zero-order chi connectivity index (χ0) is 90.8. The Bertz CT molecular complexity index is 5890. The number of carboxylic acids is 4. The van der Waals surface area contributed by atoms with Gasteiger partial charge in [0, 0.05) is 22.3 Å². The Morgan fingerprint density at radius 3 is 1.02 bits per heavy atom. The Kier molecular flexibility index (Phi) is 20.0. The van der Waals surface area contributed by atoms with Gasteiger partial charge in [-0.25, -0.2) is 58.7 Å². The highest BCUT2D eigenvalue weighted by Gasteiger charge is 2.83. The van der Waals surface area contributed by atoms with Gasteiger partial charge in [0.25, 0.3) is 69.4 Å². The summed E-state index contributed by atoms with van der Waals surface area (Å²) in [5.41, 5.74) is 51.3. The van der Waals surface area contributed by atoms with Crippen LogP contribution >= 0.6 is 0 Å². The van der Waals surface area contributed by atoms with E-state index in [9.17, 15) is 99.6 Å². The Hall–Kier alpha value is -14.3. The lowest BCUT2D eigenvalue weighted by molar-refractivity contribution is -0.672. The van der Waals surface area contributed by atoms with Crippen molar-refractivity contribution in [2.24, 2.45) is 45.9 Å². The number of fused-ring (bicyclic) bond motifs is 5. The van der Waals surface area contributed by atoms with Crippen molar-refractivity contribution < 1.29 is 138 Å². The van der Waals surface area contributed by atoms with E-state index in [1.54, 1.807) is 42.5 Å². The molecule has 20 rings (SSSR count). The number of aliphatic carboxylic acids is 4. The monoisotopic (exact) mass is 1760 g/mol. The van der Waals surface area contributed by atoms with E-state index in [1.165, 1.54) is 18.3 Å². The molecule has 0 aromatic heterocycles. The maximum atomic E-state index is 13.4. The first-order valence-electron chi connectivity index (χ1n) is 40.8. The van der Waals surface area contributed by atoms with E-state index in [4.69, 9.17) is 45.9 Å². The molecule has 12 heterocycles. The molecule has 48 nitrogen and oxygen atoms in total. The highest BCUT2D eigenvalue weighted by molar-refractivity contribution is 6.01. The molecule has 5 aromatic carbocycles. The Balaban J connectivity index is 0.000000120. The topological polar surface area (TPSA) is 800 Å². The van der Waals surface area contributed by atoms with E-state index in [0.29, 0.717) is 28.7 Å². The van der Waals surface area contributed by atoms with Crippen molar-refractivity contribution in [3.8, 4) is 11.1 Å². The Morgan fingerprint density at radius 2 is 0.661 bits per heavy atom. The second-order valence-electron chi connectivity index (χ2n) is 34.0. The van der Waals surface area contributed by atoms with Crippen LogP contribution < -0.4 is 130 Å². The smallest absolute Gasteiger partial charge is 0.347 e. The van der Waals surface area contributed by atoms with Gasteiger partial charge in [-0.2, -0.15) is 0 Å². The van der Waals surface area contributed by atoms with Crippen LogP contribution in [-0.2, 0) is 51.3 Å². The fourth-order valence-electron chi connectivity index (χ4n) is 21.3. The molecule has 0 saturated carbocycles. The maximum Gasteiger partial charge on any atom is 0.347 e. The third-order valence-electron chi connectivity index (χ3n) is 27.1. The van der Waals surface area contributed by atoms with E-state index in [-0.39, 0.29) is 73.9 Å². The molecule has 4 fully saturated rings. The van der Waals surface area contributed by atoms with Crippen LogP contribution in [0.4, 0.5) is 0 Å². The van der Waals surface area contributed by atoms with Crippen molar-refractivity contribution in [2.75, 3.05) is 26.2 Å². The number of carbonyl (C=O) groups is 8. The molecule has 44 N–H and O–H groups in total.